The molecule has 0 saturated heterocycles. The third kappa shape index (κ3) is 7.81. The zero-order chi connectivity index (χ0) is 46.1. The molecule has 2 aliphatic heterocycles. The normalized spacial score (nSPS) is 13.0. The van der Waals surface area contributed by atoms with Gasteiger partial charge in [-0.15, -0.1) is 0 Å². The fourth-order valence-corrected chi connectivity index (χ4v) is 11.1. The Balaban J connectivity index is 0.991. The van der Waals surface area contributed by atoms with Crippen LogP contribution in [0.2, 0.25) is 0 Å². The van der Waals surface area contributed by atoms with Crippen LogP contribution in [0.3, 0.4) is 0 Å². The van der Waals surface area contributed by atoms with E-state index in [2.05, 4.69) is 227 Å². The van der Waals surface area contributed by atoms with E-state index >= 15 is 0 Å². The number of aryl methyl sites for hydroxylation is 4. The quantitative estimate of drug-likeness (QED) is 0.149. The molecule has 0 saturated carbocycles. The molecule has 336 valence electrons. The molecular formula is C61H54N4OPt-2. The van der Waals surface area contributed by atoms with Gasteiger partial charge in [0.25, 0.3) is 0 Å². The second-order valence-corrected chi connectivity index (χ2v) is 20.6. The van der Waals surface area contributed by atoms with Crippen LogP contribution in [0.1, 0.15) is 85.2 Å². The second kappa shape index (κ2) is 17.0. The molecule has 0 atom stereocenters. The Morgan fingerprint density at radius 2 is 1.34 bits per heavy atom. The predicted octanol–water partition coefficient (Wildman–Crippen LogP) is 14.9. The summed E-state index contributed by atoms with van der Waals surface area (Å²) in [5.74, 6) is 2.36. The fraction of sp³-hybridized carbons (Fsp3) is 0.213. The van der Waals surface area contributed by atoms with Crippen LogP contribution in [0.25, 0.3) is 61.1 Å². The van der Waals surface area contributed by atoms with Crippen LogP contribution in [0.15, 0.2) is 146 Å². The molecule has 0 unspecified atom stereocenters. The Labute approximate surface area is 404 Å². The first-order valence-corrected chi connectivity index (χ1v) is 24.7. The van der Waals surface area contributed by atoms with Gasteiger partial charge in [-0.05, 0) is 39.2 Å². The van der Waals surface area contributed by atoms with Gasteiger partial charge in [0.15, 0.2) is 0 Å². The third-order valence-corrected chi connectivity index (χ3v) is 15.1. The van der Waals surface area contributed by atoms with Crippen molar-refractivity contribution in [3.63, 3.8) is 0 Å². The van der Waals surface area contributed by atoms with Gasteiger partial charge in [-0.1, -0.05) is 95.3 Å². The van der Waals surface area contributed by atoms with Gasteiger partial charge in [-0.25, -0.2) is 0 Å². The molecule has 4 aromatic heterocycles. The summed E-state index contributed by atoms with van der Waals surface area (Å²) in [5, 5.41) is 2.22. The summed E-state index contributed by atoms with van der Waals surface area (Å²) < 4.78 is 14.8. The summed E-state index contributed by atoms with van der Waals surface area (Å²) in [4.78, 5) is 5.23. The fourth-order valence-electron chi connectivity index (χ4n) is 10.1. The topological polar surface area (TPSA) is 36.4 Å². The number of aromatic nitrogens is 4. The van der Waals surface area contributed by atoms with E-state index in [1.165, 1.54) is 61.3 Å². The van der Waals surface area contributed by atoms with Crippen molar-refractivity contribution in [3.05, 3.63) is 206 Å². The van der Waals surface area contributed by atoms with Crippen molar-refractivity contribution in [2.24, 2.45) is 0 Å². The van der Waals surface area contributed by atoms with E-state index in [1.807, 2.05) is 12.1 Å². The Kier molecular flexibility index (Phi) is 10.9. The molecular weight excluding hydrogens is 1000 g/mol. The Bertz CT molecular complexity index is 3600. The van der Waals surface area contributed by atoms with E-state index in [1.54, 1.807) is 0 Å². The molecule has 4 aliphatic rings. The summed E-state index contributed by atoms with van der Waals surface area (Å²) in [6.45, 7) is 15.9. The average molecular weight is 1050 g/mol. The molecule has 67 heavy (non-hydrogen) atoms. The first-order valence-electron chi connectivity index (χ1n) is 23.6. The molecule has 14 rings (SSSR count). The van der Waals surface area contributed by atoms with Gasteiger partial charge in [0.1, 0.15) is 0 Å². The van der Waals surface area contributed by atoms with E-state index < -0.39 is 0 Å². The van der Waals surface area contributed by atoms with Crippen molar-refractivity contribution >= 4 is 27.3 Å². The SMILES string of the molecule is Cc1c2ccc(c1C)CCc1ccc(c3cn(-c4[c-]c(Oc5[c-]c6c(cc5)c5cc(-c7ccccc7)ccc5n6-c5cc(C(C)C)c(-c6ccc(C(C)(C)C)cc6)cn5)ccc4)[c](=[Pt])n13)CC2. The first-order chi connectivity index (χ1) is 32.4. The van der Waals surface area contributed by atoms with Gasteiger partial charge in [-0.3, -0.25) is 0 Å². The molecule has 0 spiro atoms. The summed E-state index contributed by atoms with van der Waals surface area (Å²) >= 11 is 2.49. The number of fused-ring (bicyclic) bond motifs is 3. The standard InChI is InChI=1S/C61H54N4O.Pt/c1-39(2)54-35-60(62-36-56(54)45-20-25-48(26-21-45)61(5,6)7)65-57-31-24-47(44-12-9-8-10-13-44)32-55(57)53-30-29-52(34-58(53)65)66-51-15-11-14-50(33-51)63-37-59-46-19-18-42-16-17-43(41(4)40(42)3)22-27-49(28-23-46)64(59)38-63;/h8-17,20-21,23-26,28-32,35-37,39H,18-19,22,27H2,1-7H3;/q-2;. The number of hydrogen-bond donors (Lipinski definition) is 0. The Morgan fingerprint density at radius 1 is 0.642 bits per heavy atom. The van der Waals surface area contributed by atoms with E-state index in [4.69, 9.17) is 9.72 Å². The summed E-state index contributed by atoms with van der Waals surface area (Å²) in [6.07, 6.45) is 8.29. The number of imidazole rings is 1. The average Bonchev–Trinajstić information content (AvgIpc) is 3.85. The minimum absolute atomic E-state index is 0.0834. The van der Waals surface area contributed by atoms with E-state index in [9.17, 15) is 0 Å². The maximum atomic E-state index is 6.74. The van der Waals surface area contributed by atoms with Crippen LogP contribution in [0, 0.1) is 29.8 Å². The Hall–Kier alpha value is -6.55. The van der Waals surface area contributed by atoms with Crippen molar-refractivity contribution < 1.29 is 24.1 Å². The van der Waals surface area contributed by atoms with E-state index in [-0.39, 0.29) is 11.3 Å². The molecule has 0 N–H and O–H groups in total. The predicted molar refractivity (Wildman–Crippen MR) is 271 cm³/mol. The van der Waals surface area contributed by atoms with Crippen molar-refractivity contribution in [3.8, 4) is 45.3 Å². The summed E-state index contributed by atoms with van der Waals surface area (Å²) in [7, 11) is 0. The molecule has 10 aromatic rings. The molecule has 5 nitrogen and oxygen atoms in total. The van der Waals surface area contributed by atoms with Crippen molar-refractivity contribution in [2.75, 3.05) is 0 Å². The molecule has 0 radical (unpaired) electrons. The van der Waals surface area contributed by atoms with Gasteiger partial charge in [0.05, 0.1) is 0 Å². The zero-order valence-electron chi connectivity index (χ0n) is 39.3. The molecule has 0 amide bonds. The number of ether oxygens (including phenoxy) is 1. The van der Waals surface area contributed by atoms with Gasteiger partial charge < -0.3 is 0 Å². The summed E-state index contributed by atoms with van der Waals surface area (Å²) in [5.41, 5.74) is 19.9. The molecule has 2 aliphatic carbocycles. The molecule has 6 heteroatoms. The summed E-state index contributed by atoms with van der Waals surface area (Å²) in [6, 6.07) is 55.7. The number of nitrogens with zero attached hydrogens (tertiary/aromatic N) is 4. The molecule has 0 fully saturated rings. The van der Waals surface area contributed by atoms with Crippen LogP contribution in [0.5, 0.6) is 11.5 Å². The number of hydrogen-bond acceptors (Lipinski definition) is 2. The van der Waals surface area contributed by atoms with Crippen LogP contribution in [-0.2, 0) is 50.5 Å². The molecule has 4 bridgehead atoms. The van der Waals surface area contributed by atoms with Crippen molar-refractivity contribution in [2.45, 2.75) is 85.5 Å². The van der Waals surface area contributed by atoms with Crippen molar-refractivity contribution in [1.82, 2.24) is 18.5 Å². The third-order valence-electron chi connectivity index (χ3n) is 14.1. The van der Waals surface area contributed by atoms with Gasteiger partial charge >= 0.3 is 261 Å². The van der Waals surface area contributed by atoms with Crippen LogP contribution < -0.4 is 4.74 Å². The second-order valence-electron chi connectivity index (χ2n) is 19.6. The first kappa shape index (κ1) is 43.0. The zero-order valence-corrected chi connectivity index (χ0v) is 41.5. The molecule has 6 heterocycles. The Morgan fingerprint density at radius 3 is 2.09 bits per heavy atom. The maximum absolute atomic E-state index is 6.74. The van der Waals surface area contributed by atoms with Gasteiger partial charge in [0.2, 0.25) is 0 Å². The van der Waals surface area contributed by atoms with Crippen molar-refractivity contribution in [1.29, 1.82) is 0 Å². The number of benzene rings is 6. The van der Waals surface area contributed by atoms with E-state index in [0.29, 0.717) is 11.5 Å². The number of rotatable bonds is 7. The number of pyridine rings is 2. The van der Waals surface area contributed by atoms with Crippen LogP contribution in [-0.4, -0.2) is 18.5 Å². The molecule has 6 aromatic carbocycles. The van der Waals surface area contributed by atoms with Gasteiger partial charge in [0, 0.05) is 11.8 Å². The van der Waals surface area contributed by atoms with E-state index in [0.717, 1.165) is 73.9 Å². The van der Waals surface area contributed by atoms with Crippen LogP contribution >= 0.6 is 0 Å². The van der Waals surface area contributed by atoms with Gasteiger partial charge in [-0.2, -0.15) is 0 Å². The van der Waals surface area contributed by atoms with Crippen LogP contribution in [0.4, 0.5) is 0 Å². The monoisotopic (exact) mass is 1050 g/mol. The minimum atomic E-state index is 0.0834.